The molecule has 2 saturated heterocycles. The van der Waals surface area contributed by atoms with Gasteiger partial charge in [-0.3, -0.25) is 0 Å². The van der Waals surface area contributed by atoms with Gasteiger partial charge >= 0.3 is 5.97 Å². The van der Waals surface area contributed by atoms with E-state index in [0.717, 1.165) is 6.42 Å². The fourth-order valence-corrected chi connectivity index (χ4v) is 5.31. The van der Waals surface area contributed by atoms with Crippen molar-refractivity contribution in [2.45, 2.75) is 68.7 Å². The minimum Gasteiger partial charge on any atom is -0.426 e. The molecule has 3 aliphatic heterocycles. The first-order valence-corrected chi connectivity index (χ1v) is 7.32. The molecule has 5 heteroatoms. The molecule has 0 radical (unpaired) electrons. The summed E-state index contributed by atoms with van der Waals surface area (Å²) in [7, 11) is 0. The first-order chi connectivity index (χ1) is 9.28. The minimum atomic E-state index is -1.46. The number of hydrogen-bond donors (Lipinski definition) is 1. The first kappa shape index (κ1) is 11.7. The number of ether oxygens (including phenoxy) is 3. The van der Waals surface area contributed by atoms with Gasteiger partial charge in [0.15, 0.2) is 0 Å². The molecule has 5 rings (SSSR count). The van der Waals surface area contributed by atoms with Gasteiger partial charge in [0, 0.05) is 30.4 Å². The molecule has 0 amide bonds. The molecule has 0 aromatic rings. The SMILES string of the molecule is CC1=C2CC34O[C@]3(C)CC3OC34C(C)C[C@]2(O)OC1=O. The minimum absolute atomic E-state index is 0.0954. The number of carbonyl (C=O) groups excluding carboxylic acids is 1. The average Bonchev–Trinajstić information content (AvgIpc) is 3.17. The van der Waals surface area contributed by atoms with E-state index in [1.165, 1.54) is 0 Å². The molecule has 5 nitrogen and oxygen atoms in total. The zero-order chi connectivity index (χ0) is 14.1. The Morgan fingerprint density at radius 2 is 2.10 bits per heavy atom. The summed E-state index contributed by atoms with van der Waals surface area (Å²) in [6, 6.07) is 0. The lowest BCUT2D eigenvalue weighted by Crippen LogP contribution is -2.40. The predicted molar refractivity (Wildman–Crippen MR) is 66.6 cm³/mol. The van der Waals surface area contributed by atoms with Crippen LogP contribution in [0.15, 0.2) is 11.1 Å². The van der Waals surface area contributed by atoms with E-state index in [1.54, 1.807) is 6.92 Å². The second-order valence-electron chi connectivity index (χ2n) is 7.32. The summed E-state index contributed by atoms with van der Waals surface area (Å²) in [5.41, 5.74) is 0.397. The van der Waals surface area contributed by atoms with Gasteiger partial charge in [0.05, 0.1) is 6.10 Å². The standard InChI is InChI=1S/C15H18O5/c1-7-4-13(17)9(8(2)11(16)19-13)5-14-12(3,20-14)6-10-15(7,14)18-10/h7,10,17H,4-6H2,1-3H3/t7?,10?,12-,13+,14?,15?/m1/s1. The molecule has 20 heavy (non-hydrogen) atoms. The van der Waals surface area contributed by atoms with E-state index in [-0.39, 0.29) is 28.8 Å². The van der Waals surface area contributed by atoms with E-state index in [0.29, 0.717) is 24.0 Å². The van der Waals surface area contributed by atoms with Crippen LogP contribution in [0.2, 0.25) is 0 Å². The van der Waals surface area contributed by atoms with Crippen LogP contribution in [0.25, 0.3) is 0 Å². The molecule has 2 saturated carbocycles. The highest BCUT2D eigenvalue weighted by Gasteiger charge is 2.93. The summed E-state index contributed by atoms with van der Waals surface area (Å²) >= 11 is 0. The van der Waals surface area contributed by atoms with Gasteiger partial charge in [0.2, 0.25) is 5.79 Å². The lowest BCUT2D eigenvalue weighted by molar-refractivity contribution is -0.186. The maximum absolute atomic E-state index is 11.8. The van der Waals surface area contributed by atoms with Gasteiger partial charge in [0.1, 0.15) is 16.8 Å². The molecule has 0 bridgehead atoms. The van der Waals surface area contributed by atoms with Crippen molar-refractivity contribution in [3.63, 3.8) is 0 Å². The van der Waals surface area contributed by atoms with E-state index < -0.39 is 11.8 Å². The summed E-state index contributed by atoms with van der Waals surface area (Å²) in [5, 5.41) is 10.8. The van der Waals surface area contributed by atoms with Crippen LogP contribution in [0.4, 0.5) is 0 Å². The largest absolute Gasteiger partial charge is 0.426 e. The average molecular weight is 278 g/mol. The summed E-state index contributed by atoms with van der Waals surface area (Å²) < 4.78 is 17.4. The second-order valence-corrected chi connectivity index (χ2v) is 7.32. The highest BCUT2D eigenvalue weighted by molar-refractivity contribution is 5.92. The van der Waals surface area contributed by atoms with Crippen molar-refractivity contribution < 1.29 is 24.1 Å². The van der Waals surface area contributed by atoms with Gasteiger partial charge in [0.25, 0.3) is 0 Å². The molecule has 0 aromatic carbocycles. The van der Waals surface area contributed by atoms with Crippen molar-refractivity contribution in [1.29, 1.82) is 0 Å². The molecular formula is C15H18O5. The smallest absolute Gasteiger partial charge is 0.336 e. The Morgan fingerprint density at radius 1 is 1.35 bits per heavy atom. The number of fused-ring (bicyclic) bond motifs is 1. The number of epoxide rings is 2. The van der Waals surface area contributed by atoms with Crippen molar-refractivity contribution in [2.24, 2.45) is 5.92 Å². The van der Waals surface area contributed by atoms with Crippen molar-refractivity contribution in [3.8, 4) is 0 Å². The van der Waals surface area contributed by atoms with Gasteiger partial charge in [-0.15, -0.1) is 0 Å². The fourth-order valence-electron chi connectivity index (χ4n) is 5.31. The molecule has 4 unspecified atom stereocenters. The number of aliphatic hydroxyl groups is 1. The Morgan fingerprint density at radius 3 is 2.85 bits per heavy atom. The Balaban J connectivity index is 1.70. The third-order valence-electron chi connectivity index (χ3n) is 6.41. The van der Waals surface area contributed by atoms with Crippen molar-refractivity contribution in [1.82, 2.24) is 0 Å². The zero-order valence-electron chi connectivity index (χ0n) is 11.9. The highest BCUT2D eigenvalue weighted by Crippen LogP contribution is 2.79. The Kier molecular flexibility index (Phi) is 1.59. The lowest BCUT2D eigenvalue weighted by Gasteiger charge is -2.26. The first-order valence-electron chi connectivity index (χ1n) is 7.32. The van der Waals surface area contributed by atoms with Crippen LogP contribution in [0, 0.1) is 5.92 Å². The fraction of sp³-hybridized carbons (Fsp3) is 0.800. The second kappa shape index (κ2) is 2.72. The van der Waals surface area contributed by atoms with Crippen LogP contribution in [0.1, 0.15) is 40.0 Å². The molecule has 0 aromatic heterocycles. The van der Waals surface area contributed by atoms with E-state index in [2.05, 4.69) is 13.8 Å². The summed E-state index contributed by atoms with van der Waals surface area (Å²) in [4.78, 5) is 11.8. The van der Waals surface area contributed by atoms with Crippen LogP contribution in [0.5, 0.6) is 0 Å². The number of carbonyl (C=O) groups is 1. The number of rotatable bonds is 0. The van der Waals surface area contributed by atoms with E-state index >= 15 is 0 Å². The third-order valence-corrected chi connectivity index (χ3v) is 6.41. The molecule has 1 N–H and O–H groups in total. The molecule has 3 heterocycles. The van der Waals surface area contributed by atoms with Crippen LogP contribution >= 0.6 is 0 Å². The van der Waals surface area contributed by atoms with Crippen LogP contribution in [-0.4, -0.2) is 39.8 Å². The molecule has 4 fully saturated rings. The molecule has 2 aliphatic carbocycles. The van der Waals surface area contributed by atoms with Crippen LogP contribution < -0.4 is 0 Å². The van der Waals surface area contributed by atoms with E-state index in [4.69, 9.17) is 14.2 Å². The maximum atomic E-state index is 11.8. The monoisotopic (exact) mass is 278 g/mol. The molecule has 108 valence electrons. The van der Waals surface area contributed by atoms with Gasteiger partial charge in [-0.25, -0.2) is 4.79 Å². The van der Waals surface area contributed by atoms with Gasteiger partial charge in [-0.05, 0) is 19.8 Å². The third kappa shape index (κ3) is 0.901. The zero-order valence-corrected chi connectivity index (χ0v) is 11.9. The molecule has 5 aliphatic rings. The Hall–Kier alpha value is -0.910. The maximum Gasteiger partial charge on any atom is 0.336 e. The van der Waals surface area contributed by atoms with Crippen molar-refractivity contribution in [3.05, 3.63) is 11.1 Å². The van der Waals surface area contributed by atoms with E-state index in [9.17, 15) is 9.90 Å². The quantitative estimate of drug-likeness (QED) is 0.529. The van der Waals surface area contributed by atoms with Crippen molar-refractivity contribution in [2.75, 3.05) is 0 Å². The van der Waals surface area contributed by atoms with Gasteiger partial charge < -0.3 is 19.3 Å². The summed E-state index contributed by atoms with van der Waals surface area (Å²) in [6.45, 7) is 5.92. The Bertz CT molecular complexity index is 611. The highest BCUT2D eigenvalue weighted by atomic mass is 16.7. The molecular weight excluding hydrogens is 260 g/mol. The normalized spacial score (nSPS) is 62.1. The van der Waals surface area contributed by atoms with Crippen LogP contribution in [-0.2, 0) is 19.0 Å². The van der Waals surface area contributed by atoms with Gasteiger partial charge in [-0.1, -0.05) is 6.92 Å². The van der Waals surface area contributed by atoms with E-state index in [1.807, 2.05) is 0 Å². The molecule has 6 atom stereocenters. The summed E-state index contributed by atoms with van der Waals surface area (Å²) in [5.74, 6) is -1.77. The number of esters is 1. The lowest BCUT2D eigenvalue weighted by atomic mass is 9.78. The predicted octanol–water partition coefficient (Wildman–Crippen LogP) is 1.05. The van der Waals surface area contributed by atoms with Gasteiger partial charge in [-0.2, -0.15) is 0 Å². The summed E-state index contributed by atoms with van der Waals surface area (Å²) in [6.07, 6.45) is 2.08. The Labute approximate surface area is 116 Å². The number of hydrogen-bond acceptors (Lipinski definition) is 5. The molecule has 2 spiro atoms. The topological polar surface area (TPSA) is 71.6 Å². The van der Waals surface area contributed by atoms with Crippen LogP contribution in [0.3, 0.4) is 0 Å². The van der Waals surface area contributed by atoms with Crippen molar-refractivity contribution >= 4 is 5.97 Å².